The summed E-state index contributed by atoms with van der Waals surface area (Å²) >= 11 is 9.41. The van der Waals surface area contributed by atoms with Crippen LogP contribution in [0.4, 0.5) is 17.1 Å². The first kappa shape index (κ1) is 12.3. The molecule has 0 aliphatic heterocycles. The zero-order valence-electron chi connectivity index (χ0n) is 9.30. The Morgan fingerprint density at radius 3 is 2.65 bits per heavy atom. The number of aryl methyl sites for hydroxylation is 1. The van der Waals surface area contributed by atoms with Crippen molar-refractivity contribution >= 4 is 44.6 Å². The fourth-order valence-corrected chi connectivity index (χ4v) is 2.21. The molecule has 88 valence electrons. The monoisotopic (exact) mass is 310 g/mol. The zero-order chi connectivity index (χ0) is 12.4. The van der Waals surface area contributed by atoms with Gasteiger partial charge in [0.05, 0.1) is 16.4 Å². The highest BCUT2D eigenvalue weighted by Crippen LogP contribution is 2.31. The number of para-hydroxylation sites is 1. The lowest BCUT2D eigenvalue weighted by molar-refractivity contribution is 1.42. The lowest BCUT2D eigenvalue weighted by atomic mass is 10.2. The number of nitrogen functional groups attached to an aromatic ring is 1. The van der Waals surface area contributed by atoms with Crippen LogP contribution in [-0.4, -0.2) is 0 Å². The number of nitrogens with one attached hydrogen (secondary N) is 1. The van der Waals surface area contributed by atoms with Gasteiger partial charge in [-0.2, -0.15) is 0 Å². The van der Waals surface area contributed by atoms with Gasteiger partial charge in [0, 0.05) is 10.2 Å². The second-order valence-electron chi connectivity index (χ2n) is 3.79. The van der Waals surface area contributed by atoms with Crippen molar-refractivity contribution in [2.24, 2.45) is 0 Å². The molecule has 0 radical (unpaired) electrons. The molecule has 0 saturated carbocycles. The van der Waals surface area contributed by atoms with E-state index in [9.17, 15) is 0 Å². The van der Waals surface area contributed by atoms with E-state index >= 15 is 0 Å². The maximum atomic E-state index is 5.97. The second-order valence-corrected chi connectivity index (χ2v) is 5.11. The molecule has 3 N–H and O–H groups in total. The van der Waals surface area contributed by atoms with Crippen LogP contribution in [0.25, 0.3) is 0 Å². The fourth-order valence-electron chi connectivity index (χ4n) is 1.56. The minimum absolute atomic E-state index is 0.560. The lowest BCUT2D eigenvalue weighted by Gasteiger charge is -2.12. The number of benzene rings is 2. The molecule has 2 aromatic carbocycles. The van der Waals surface area contributed by atoms with Crippen molar-refractivity contribution < 1.29 is 0 Å². The van der Waals surface area contributed by atoms with Gasteiger partial charge in [0.2, 0.25) is 0 Å². The summed E-state index contributed by atoms with van der Waals surface area (Å²) in [7, 11) is 0. The highest BCUT2D eigenvalue weighted by molar-refractivity contribution is 9.10. The van der Waals surface area contributed by atoms with Gasteiger partial charge in [0.1, 0.15) is 0 Å². The van der Waals surface area contributed by atoms with E-state index in [0.29, 0.717) is 10.7 Å². The van der Waals surface area contributed by atoms with Gasteiger partial charge in [-0.05, 0) is 42.8 Å². The van der Waals surface area contributed by atoms with Crippen molar-refractivity contribution in [3.63, 3.8) is 0 Å². The van der Waals surface area contributed by atoms with Gasteiger partial charge >= 0.3 is 0 Å². The molecule has 0 fully saturated rings. The average Bonchev–Trinajstić information content (AvgIpc) is 2.28. The fraction of sp³-hybridized carbons (Fsp3) is 0.0769. The van der Waals surface area contributed by atoms with Crippen molar-refractivity contribution in [2.45, 2.75) is 6.92 Å². The summed E-state index contributed by atoms with van der Waals surface area (Å²) in [6.45, 7) is 2.04. The van der Waals surface area contributed by atoms with Crippen LogP contribution in [0, 0.1) is 6.92 Å². The molecule has 0 unspecified atom stereocenters. The summed E-state index contributed by atoms with van der Waals surface area (Å²) in [4.78, 5) is 0. The largest absolute Gasteiger partial charge is 0.396 e. The van der Waals surface area contributed by atoms with E-state index in [2.05, 4.69) is 21.2 Å². The Hall–Kier alpha value is -1.19. The zero-order valence-corrected chi connectivity index (χ0v) is 11.6. The van der Waals surface area contributed by atoms with Crippen molar-refractivity contribution in [2.75, 3.05) is 11.1 Å². The molecule has 0 atom stereocenters. The van der Waals surface area contributed by atoms with Crippen LogP contribution in [0.1, 0.15) is 5.56 Å². The summed E-state index contributed by atoms with van der Waals surface area (Å²) in [5, 5.41) is 3.84. The van der Waals surface area contributed by atoms with Gasteiger partial charge in [-0.15, -0.1) is 0 Å². The minimum Gasteiger partial charge on any atom is -0.396 e. The van der Waals surface area contributed by atoms with Crippen LogP contribution in [0.5, 0.6) is 0 Å². The molecule has 0 saturated heterocycles. The molecule has 0 aromatic heterocycles. The Morgan fingerprint density at radius 2 is 1.94 bits per heavy atom. The molecule has 2 rings (SSSR count). The van der Waals surface area contributed by atoms with Crippen molar-refractivity contribution in [1.29, 1.82) is 0 Å². The third kappa shape index (κ3) is 2.73. The van der Waals surface area contributed by atoms with E-state index < -0.39 is 0 Å². The van der Waals surface area contributed by atoms with Gasteiger partial charge in [-0.1, -0.05) is 33.6 Å². The molecule has 17 heavy (non-hydrogen) atoms. The second kappa shape index (κ2) is 4.98. The third-order valence-corrected chi connectivity index (χ3v) is 3.33. The number of halogens is 2. The Balaban J connectivity index is 2.35. The maximum Gasteiger partial charge on any atom is 0.0742 e. The van der Waals surface area contributed by atoms with Crippen LogP contribution < -0.4 is 11.1 Å². The molecule has 0 aliphatic carbocycles. The third-order valence-electron chi connectivity index (χ3n) is 2.51. The molecule has 2 nitrogen and oxygen atoms in total. The summed E-state index contributed by atoms with van der Waals surface area (Å²) in [5.74, 6) is 0. The van der Waals surface area contributed by atoms with Gasteiger partial charge < -0.3 is 11.1 Å². The van der Waals surface area contributed by atoms with E-state index in [4.69, 9.17) is 17.3 Å². The predicted octanol–water partition coefficient (Wildman–Crippen LogP) is 4.74. The number of nitrogens with two attached hydrogens (primary N) is 1. The van der Waals surface area contributed by atoms with E-state index in [1.165, 1.54) is 0 Å². The Morgan fingerprint density at radius 1 is 1.18 bits per heavy atom. The summed E-state index contributed by atoms with van der Waals surface area (Å²) in [6.07, 6.45) is 0. The van der Waals surface area contributed by atoms with Gasteiger partial charge in [0.15, 0.2) is 0 Å². The first-order valence-corrected chi connectivity index (χ1v) is 6.32. The summed E-state index contributed by atoms with van der Waals surface area (Å²) in [5.41, 5.74) is 9.45. The quantitative estimate of drug-likeness (QED) is 0.786. The predicted molar refractivity (Wildman–Crippen MR) is 78.0 cm³/mol. The molecule has 0 bridgehead atoms. The topological polar surface area (TPSA) is 38.0 Å². The van der Waals surface area contributed by atoms with Gasteiger partial charge in [0.25, 0.3) is 0 Å². The lowest BCUT2D eigenvalue weighted by Crippen LogP contribution is -1.98. The Labute approximate surface area is 114 Å². The molecule has 4 heteroatoms. The highest BCUT2D eigenvalue weighted by Gasteiger charge is 2.05. The first-order chi connectivity index (χ1) is 8.08. The smallest absolute Gasteiger partial charge is 0.0742 e. The summed E-state index contributed by atoms with van der Waals surface area (Å²) < 4.78 is 1.06. The van der Waals surface area contributed by atoms with E-state index in [-0.39, 0.29) is 0 Å². The minimum atomic E-state index is 0.560. The van der Waals surface area contributed by atoms with Gasteiger partial charge in [-0.25, -0.2) is 0 Å². The molecule has 0 amide bonds. The first-order valence-electron chi connectivity index (χ1n) is 5.15. The average molecular weight is 312 g/mol. The van der Waals surface area contributed by atoms with Crippen molar-refractivity contribution in [3.05, 3.63) is 51.5 Å². The SMILES string of the molecule is Cc1cc(Br)ccc1Nc1cccc(Cl)c1N. The van der Waals surface area contributed by atoms with Crippen LogP contribution in [0.3, 0.4) is 0 Å². The number of hydrogen-bond acceptors (Lipinski definition) is 2. The van der Waals surface area contributed by atoms with Crippen LogP contribution in [0.2, 0.25) is 5.02 Å². The van der Waals surface area contributed by atoms with E-state index in [0.717, 1.165) is 21.4 Å². The summed E-state index contributed by atoms with van der Waals surface area (Å²) in [6, 6.07) is 11.6. The standard InChI is InChI=1S/C13H12BrClN2/c1-8-7-9(14)5-6-11(8)17-12-4-2-3-10(15)13(12)16/h2-7,17H,16H2,1H3. The van der Waals surface area contributed by atoms with Crippen LogP contribution >= 0.6 is 27.5 Å². The number of anilines is 3. The molecule has 0 spiro atoms. The highest BCUT2D eigenvalue weighted by atomic mass is 79.9. The molecule has 2 aromatic rings. The normalized spacial score (nSPS) is 10.3. The molecule has 0 aliphatic rings. The van der Waals surface area contributed by atoms with E-state index in [1.54, 1.807) is 6.07 Å². The van der Waals surface area contributed by atoms with Crippen LogP contribution in [-0.2, 0) is 0 Å². The number of hydrogen-bond donors (Lipinski definition) is 2. The molecular formula is C13H12BrClN2. The molecule has 0 heterocycles. The van der Waals surface area contributed by atoms with Gasteiger partial charge in [-0.3, -0.25) is 0 Å². The van der Waals surface area contributed by atoms with Crippen molar-refractivity contribution in [1.82, 2.24) is 0 Å². The van der Waals surface area contributed by atoms with E-state index in [1.807, 2.05) is 37.3 Å². The number of rotatable bonds is 2. The Kier molecular flexibility index (Phi) is 3.60. The van der Waals surface area contributed by atoms with Crippen molar-refractivity contribution in [3.8, 4) is 0 Å². The maximum absolute atomic E-state index is 5.97. The van der Waals surface area contributed by atoms with Crippen LogP contribution in [0.15, 0.2) is 40.9 Å². The Bertz CT molecular complexity index is 555. The molecular weight excluding hydrogens is 300 g/mol.